The van der Waals surface area contributed by atoms with Crippen molar-refractivity contribution < 1.29 is 14.4 Å². The molecule has 0 amide bonds. The third-order valence-electron chi connectivity index (χ3n) is 3.34. The van der Waals surface area contributed by atoms with E-state index < -0.39 is 4.92 Å². The first-order chi connectivity index (χ1) is 10.5. The SMILES string of the molecule is Nc1c(-c2ccc([N+](=O)[O-])cc2)[n+]([O-])c2ccccc2[n+]1[O-]. The van der Waals surface area contributed by atoms with Gasteiger partial charge < -0.3 is 10.4 Å². The molecule has 3 rings (SSSR count). The summed E-state index contributed by atoms with van der Waals surface area (Å²) in [6.45, 7) is 0. The van der Waals surface area contributed by atoms with E-state index in [9.17, 15) is 20.5 Å². The molecule has 0 bridgehead atoms. The topological polar surface area (TPSA) is 123 Å². The number of benzene rings is 2. The number of hydrogen-bond donors (Lipinski definition) is 1. The minimum Gasteiger partial charge on any atom is -0.710 e. The van der Waals surface area contributed by atoms with Crippen LogP contribution in [0.4, 0.5) is 11.5 Å². The van der Waals surface area contributed by atoms with Crippen LogP contribution in [-0.2, 0) is 0 Å². The van der Waals surface area contributed by atoms with Crippen molar-refractivity contribution >= 4 is 22.5 Å². The Morgan fingerprint density at radius 1 is 0.909 bits per heavy atom. The highest BCUT2D eigenvalue weighted by Gasteiger charge is 2.25. The van der Waals surface area contributed by atoms with Gasteiger partial charge in [0.25, 0.3) is 11.2 Å². The van der Waals surface area contributed by atoms with Crippen LogP contribution in [0, 0.1) is 20.5 Å². The van der Waals surface area contributed by atoms with E-state index in [4.69, 9.17) is 5.73 Å². The molecule has 8 heteroatoms. The number of aromatic nitrogens is 2. The molecule has 0 aliphatic carbocycles. The summed E-state index contributed by atoms with van der Waals surface area (Å²) >= 11 is 0. The molecule has 110 valence electrons. The highest BCUT2D eigenvalue weighted by Crippen LogP contribution is 2.24. The highest BCUT2D eigenvalue weighted by atomic mass is 16.6. The predicted molar refractivity (Wildman–Crippen MR) is 78.4 cm³/mol. The van der Waals surface area contributed by atoms with Crippen molar-refractivity contribution in [3.8, 4) is 11.3 Å². The molecule has 0 saturated carbocycles. The fourth-order valence-electron chi connectivity index (χ4n) is 2.26. The lowest BCUT2D eigenvalue weighted by Crippen LogP contribution is -2.42. The Morgan fingerprint density at radius 2 is 1.45 bits per heavy atom. The number of nitrogen functional groups attached to an aromatic ring is 1. The molecule has 0 unspecified atom stereocenters. The second-order valence-corrected chi connectivity index (χ2v) is 4.62. The van der Waals surface area contributed by atoms with Crippen LogP contribution in [0.1, 0.15) is 0 Å². The average Bonchev–Trinajstić information content (AvgIpc) is 2.53. The van der Waals surface area contributed by atoms with Gasteiger partial charge in [-0.15, -0.1) is 0 Å². The van der Waals surface area contributed by atoms with Crippen molar-refractivity contribution in [3.63, 3.8) is 0 Å². The Kier molecular flexibility index (Phi) is 2.99. The first kappa shape index (κ1) is 13.6. The van der Waals surface area contributed by atoms with Crippen LogP contribution in [0.15, 0.2) is 48.5 Å². The van der Waals surface area contributed by atoms with Gasteiger partial charge in [-0.05, 0) is 18.2 Å². The third-order valence-corrected chi connectivity index (χ3v) is 3.34. The normalized spacial score (nSPS) is 10.7. The number of hydrogen-bond acceptors (Lipinski definition) is 5. The van der Waals surface area contributed by atoms with Crippen molar-refractivity contribution in [1.29, 1.82) is 0 Å². The quantitative estimate of drug-likeness (QED) is 0.330. The van der Waals surface area contributed by atoms with Crippen LogP contribution in [0.25, 0.3) is 22.3 Å². The molecule has 1 aromatic heterocycles. The van der Waals surface area contributed by atoms with Gasteiger partial charge >= 0.3 is 11.5 Å². The number of non-ortho nitro benzene ring substituents is 1. The van der Waals surface area contributed by atoms with Crippen molar-refractivity contribution in [1.82, 2.24) is 0 Å². The zero-order chi connectivity index (χ0) is 15.9. The molecule has 0 spiro atoms. The number of nitro benzene ring substituents is 1. The summed E-state index contributed by atoms with van der Waals surface area (Å²) in [5.41, 5.74) is 6.27. The molecule has 0 fully saturated rings. The molecule has 22 heavy (non-hydrogen) atoms. The lowest BCUT2D eigenvalue weighted by molar-refractivity contribution is -0.609. The lowest BCUT2D eigenvalue weighted by atomic mass is 10.1. The first-order valence-corrected chi connectivity index (χ1v) is 6.29. The van der Waals surface area contributed by atoms with Crippen LogP contribution < -0.4 is 15.2 Å². The van der Waals surface area contributed by atoms with E-state index in [1.807, 2.05) is 0 Å². The second kappa shape index (κ2) is 4.85. The van der Waals surface area contributed by atoms with Crippen molar-refractivity contribution in [2.75, 3.05) is 5.73 Å². The third kappa shape index (κ3) is 1.94. The summed E-state index contributed by atoms with van der Waals surface area (Å²) in [4.78, 5) is 10.1. The van der Waals surface area contributed by atoms with Gasteiger partial charge in [-0.2, -0.15) is 4.73 Å². The molecule has 0 aliphatic heterocycles. The Bertz CT molecular complexity index is 893. The highest BCUT2D eigenvalue weighted by molar-refractivity contribution is 5.74. The van der Waals surface area contributed by atoms with Gasteiger partial charge in [0.2, 0.25) is 5.52 Å². The standard InChI is InChI=1S/C14H10N4O4/c15-14-13(9-5-7-10(8-6-9)18(21)22)16(19)11-3-1-2-4-12(11)17(14)20/h1-8H,15H2. The minimum absolute atomic E-state index is 0.0383. The van der Waals surface area contributed by atoms with Gasteiger partial charge in [-0.1, -0.05) is 12.1 Å². The van der Waals surface area contributed by atoms with Crippen molar-refractivity contribution in [2.24, 2.45) is 0 Å². The smallest absolute Gasteiger partial charge is 0.351 e. The largest absolute Gasteiger partial charge is 0.710 e. The molecule has 0 saturated heterocycles. The summed E-state index contributed by atoms with van der Waals surface area (Å²) in [6.07, 6.45) is 0. The molecule has 0 atom stereocenters. The number of nitrogens with two attached hydrogens (primary N) is 1. The maximum atomic E-state index is 12.5. The van der Waals surface area contributed by atoms with E-state index in [1.165, 1.54) is 36.4 Å². The van der Waals surface area contributed by atoms with Crippen LogP contribution in [-0.4, -0.2) is 4.92 Å². The Balaban J connectivity index is 2.28. The Hall–Kier alpha value is -3.42. The number of para-hydroxylation sites is 2. The number of fused-ring (bicyclic) bond motifs is 1. The molecule has 1 heterocycles. The monoisotopic (exact) mass is 298 g/mol. The van der Waals surface area contributed by atoms with Gasteiger partial charge in [0.15, 0.2) is 0 Å². The Morgan fingerprint density at radius 3 is 2.00 bits per heavy atom. The van der Waals surface area contributed by atoms with Gasteiger partial charge in [0.05, 0.1) is 10.5 Å². The van der Waals surface area contributed by atoms with Crippen LogP contribution in [0.5, 0.6) is 0 Å². The minimum atomic E-state index is -0.549. The summed E-state index contributed by atoms with van der Waals surface area (Å²) in [7, 11) is 0. The van der Waals surface area contributed by atoms with Crippen LogP contribution >= 0.6 is 0 Å². The molecule has 2 aromatic carbocycles. The Labute approximate surface area is 124 Å². The fourth-order valence-corrected chi connectivity index (χ4v) is 2.26. The lowest BCUT2D eigenvalue weighted by Gasteiger charge is -2.13. The van der Waals surface area contributed by atoms with Crippen LogP contribution in [0.2, 0.25) is 0 Å². The van der Waals surface area contributed by atoms with Gasteiger partial charge in [0, 0.05) is 18.2 Å². The van der Waals surface area contributed by atoms with E-state index in [-0.39, 0.29) is 28.2 Å². The average molecular weight is 298 g/mol. The number of nitrogens with zero attached hydrogens (tertiary/aromatic N) is 3. The summed E-state index contributed by atoms with van der Waals surface area (Å²) in [5.74, 6) is -0.262. The van der Waals surface area contributed by atoms with Gasteiger partial charge in [-0.3, -0.25) is 15.8 Å². The number of nitro groups is 1. The maximum absolute atomic E-state index is 12.5. The van der Waals surface area contributed by atoms with Crippen LogP contribution in [0.3, 0.4) is 0 Å². The molecular weight excluding hydrogens is 288 g/mol. The summed E-state index contributed by atoms with van der Waals surface area (Å²) in [5, 5.41) is 35.3. The van der Waals surface area contributed by atoms with Gasteiger partial charge in [0.1, 0.15) is 0 Å². The molecule has 0 radical (unpaired) electrons. The first-order valence-electron chi connectivity index (χ1n) is 6.29. The predicted octanol–water partition coefficient (Wildman–Crippen LogP) is 1.26. The van der Waals surface area contributed by atoms with E-state index in [0.717, 1.165) is 0 Å². The van der Waals surface area contributed by atoms with E-state index in [2.05, 4.69) is 0 Å². The number of rotatable bonds is 2. The maximum Gasteiger partial charge on any atom is 0.351 e. The van der Waals surface area contributed by atoms with E-state index in [0.29, 0.717) is 15.0 Å². The van der Waals surface area contributed by atoms with Crippen molar-refractivity contribution in [3.05, 3.63) is 69.1 Å². The zero-order valence-electron chi connectivity index (χ0n) is 11.2. The second-order valence-electron chi connectivity index (χ2n) is 4.62. The van der Waals surface area contributed by atoms with Gasteiger partial charge in [-0.25, -0.2) is 4.73 Å². The molecule has 0 aliphatic rings. The molecule has 8 nitrogen and oxygen atoms in total. The summed E-state index contributed by atoms with van der Waals surface area (Å²) < 4.78 is 1.03. The number of anilines is 1. The zero-order valence-corrected chi connectivity index (χ0v) is 11.2. The van der Waals surface area contributed by atoms with E-state index >= 15 is 0 Å². The molecule has 2 N–H and O–H groups in total. The molecular formula is C14H10N4O4. The fraction of sp³-hybridized carbons (Fsp3) is 0. The summed E-state index contributed by atoms with van der Waals surface area (Å²) in [6, 6.07) is 11.5. The van der Waals surface area contributed by atoms with E-state index in [1.54, 1.807) is 12.1 Å². The van der Waals surface area contributed by atoms with Crippen molar-refractivity contribution in [2.45, 2.75) is 0 Å². The molecule has 3 aromatic rings.